The predicted molar refractivity (Wildman–Crippen MR) is 19.9 cm³/mol. The van der Waals surface area contributed by atoms with E-state index in [1.165, 1.54) is 0 Å². The van der Waals surface area contributed by atoms with Crippen LogP contribution in [-0.4, -0.2) is 43.2 Å². The zero-order chi connectivity index (χ0) is 0. The minimum absolute atomic E-state index is 0. The standard InChI is InChI=1S/Al.Au.In.Zn.6H. The minimum atomic E-state index is 0. The molecule has 4 heavy (non-hydrogen) atoms. The summed E-state index contributed by atoms with van der Waals surface area (Å²) in [5.41, 5.74) is 0. The second-order valence-corrected chi connectivity index (χ2v) is 0. The monoisotopic (exact) mass is 409 g/mol. The molecule has 1 radical (unpaired) electrons. The first-order chi connectivity index (χ1) is 0. The van der Waals surface area contributed by atoms with Crippen molar-refractivity contribution < 1.29 is 41.9 Å². The molecule has 0 aromatic carbocycles. The summed E-state index contributed by atoms with van der Waals surface area (Å²) in [6.07, 6.45) is 0. The fourth-order valence-corrected chi connectivity index (χ4v) is 0. The van der Waals surface area contributed by atoms with Gasteiger partial charge in [-0.2, -0.15) is 0 Å². The third-order valence-electron chi connectivity index (χ3n) is 0. The van der Waals surface area contributed by atoms with Crippen molar-refractivity contribution in [2.24, 2.45) is 0 Å². The Morgan fingerprint density at radius 2 is 1.00 bits per heavy atom. The summed E-state index contributed by atoms with van der Waals surface area (Å²) in [5, 5.41) is 0. The van der Waals surface area contributed by atoms with Gasteiger partial charge in [-0.3, -0.25) is 0 Å². The number of hydrogen-bond acceptors (Lipinski definition) is 0. The van der Waals surface area contributed by atoms with Crippen LogP contribution in [0.1, 0.15) is 0 Å². The Hall–Kier alpha value is 2.77. The van der Waals surface area contributed by atoms with Crippen LogP contribution in [-0.2, 0) is 41.9 Å². The molecule has 0 aliphatic carbocycles. The van der Waals surface area contributed by atoms with Gasteiger partial charge < -0.3 is 0 Å². The first-order valence-electron chi connectivity index (χ1n) is 0. The molecule has 0 aromatic heterocycles. The maximum atomic E-state index is 0. The van der Waals surface area contributed by atoms with Gasteiger partial charge in [-0.1, -0.05) is 0 Å². The smallest absolute Gasteiger partial charge is 0 e. The van der Waals surface area contributed by atoms with Crippen LogP contribution in [0.4, 0.5) is 0 Å². The topological polar surface area (TPSA) is 0 Å². The van der Waals surface area contributed by atoms with E-state index >= 15 is 0 Å². The first-order valence-corrected chi connectivity index (χ1v) is 0. The molecule has 0 aliphatic rings. The first kappa shape index (κ1) is 29.4. The van der Waals surface area contributed by atoms with E-state index in [1.807, 2.05) is 0 Å². The normalized spacial score (nSPS) is 0. The molecule has 0 N–H and O–H groups in total. The average molecular weight is 410 g/mol. The van der Waals surface area contributed by atoms with Gasteiger partial charge in [0.25, 0.3) is 0 Å². The van der Waals surface area contributed by atoms with Crippen molar-refractivity contribution in [1.29, 1.82) is 0 Å². The van der Waals surface area contributed by atoms with Crippen molar-refractivity contribution >= 4 is 43.2 Å². The number of hydrogen-bond donors (Lipinski definition) is 0. The summed E-state index contributed by atoms with van der Waals surface area (Å²) in [4.78, 5) is 0. The van der Waals surface area contributed by atoms with Crippen LogP contribution in [0.2, 0.25) is 0 Å². The largest absolute Gasteiger partial charge is 0 e. The zero-order valence-corrected chi connectivity index (χ0v) is 6.14. The molecule has 0 fully saturated rings. The van der Waals surface area contributed by atoms with Gasteiger partial charge in [0.15, 0.2) is 17.4 Å². The quantitative estimate of drug-likeness (QED) is 0.392. The molecule has 0 nitrogen and oxygen atoms in total. The third-order valence-corrected chi connectivity index (χ3v) is 0. The molecular weight excluding hydrogens is 404 g/mol. The second kappa shape index (κ2) is 17.1. The zero-order valence-electron chi connectivity index (χ0n) is 1.01. The Morgan fingerprint density at radius 3 is 1.00 bits per heavy atom. The van der Waals surface area contributed by atoms with Crippen molar-refractivity contribution in [3.05, 3.63) is 0 Å². The molecule has 0 amide bonds. The van der Waals surface area contributed by atoms with Crippen molar-refractivity contribution in [2.75, 3.05) is 0 Å². The van der Waals surface area contributed by atoms with Gasteiger partial charge >= 0.3 is 25.8 Å². The fraction of sp³-hybridized carbons (Fsp3) is 0. The maximum absolute atomic E-state index is 0. The van der Waals surface area contributed by atoms with Crippen LogP contribution in [0, 0.1) is 0 Å². The van der Waals surface area contributed by atoms with E-state index < -0.39 is 0 Å². The Bertz CT molecular complexity index is 8.00. The van der Waals surface area contributed by atoms with Crippen LogP contribution in [0.25, 0.3) is 0 Å². The van der Waals surface area contributed by atoms with E-state index in [9.17, 15) is 0 Å². The van der Waals surface area contributed by atoms with Crippen LogP contribution in [0.5, 0.6) is 0 Å². The third kappa shape index (κ3) is 8.84. The fourth-order valence-electron chi connectivity index (χ4n) is 0. The van der Waals surface area contributed by atoms with Gasteiger partial charge in [-0.15, -0.1) is 0 Å². The molecule has 0 heterocycles. The Labute approximate surface area is 83.7 Å². The molecule has 0 spiro atoms. The van der Waals surface area contributed by atoms with Gasteiger partial charge in [-0.05, 0) is 0 Å². The van der Waals surface area contributed by atoms with E-state index in [-0.39, 0.29) is 85.1 Å². The van der Waals surface area contributed by atoms with E-state index in [1.54, 1.807) is 0 Å². The van der Waals surface area contributed by atoms with E-state index in [2.05, 4.69) is 0 Å². The van der Waals surface area contributed by atoms with E-state index in [0.29, 0.717) is 0 Å². The average Bonchev–Trinajstić information content (AvgIpc) is 0. The number of rotatable bonds is 0. The van der Waals surface area contributed by atoms with Gasteiger partial charge in [0.1, 0.15) is 0 Å². The van der Waals surface area contributed by atoms with Gasteiger partial charge in [0.05, 0.1) is 0 Å². The van der Waals surface area contributed by atoms with Crippen LogP contribution in [0.3, 0.4) is 0 Å². The summed E-state index contributed by atoms with van der Waals surface area (Å²) in [7, 11) is 0. The van der Waals surface area contributed by atoms with Crippen LogP contribution < -0.4 is 0 Å². The van der Waals surface area contributed by atoms with Crippen LogP contribution in [0.15, 0.2) is 0 Å². The summed E-state index contributed by atoms with van der Waals surface area (Å²) >= 11 is 0. The molecule has 0 aliphatic heterocycles. The summed E-state index contributed by atoms with van der Waals surface area (Å²) in [6, 6.07) is 0. The summed E-state index contributed by atoms with van der Waals surface area (Å²) < 4.78 is 0. The Morgan fingerprint density at radius 1 is 1.00 bits per heavy atom. The molecule has 0 unspecified atom stereocenters. The summed E-state index contributed by atoms with van der Waals surface area (Å²) in [5.74, 6) is 0. The van der Waals surface area contributed by atoms with E-state index in [4.69, 9.17) is 0 Å². The maximum Gasteiger partial charge on any atom is 0 e. The molecule has 0 rings (SSSR count). The van der Waals surface area contributed by atoms with Crippen LogP contribution >= 0.6 is 0 Å². The second-order valence-electron chi connectivity index (χ2n) is 0. The van der Waals surface area contributed by atoms with E-state index in [0.717, 1.165) is 0 Å². The molecule has 0 saturated carbocycles. The molecule has 0 atom stereocenters. The molecule has 25 valence electrons. The Balaban J connectivity index is 0. The SMILES string of the molecule is [AlH3].[Au].[InH3].[Zn]. The molecule has 4 heteroatoms. The predicted octanol–water partition coefficient (Wildman–Crippen LogP) is -2.37. The van der Waals surface area contributed by atoms with Crippen molar-refractivity contribution in [3.8, 4) is 0 Å². The molecular formula is H6AlAuInZn. The van der Waals surface area contributed by atoms with Crippen molar-refractivity contribution in [1.82, 2.24) is 0 Å². The van der Waals surface area contributed by atoms with Crippen molar-refractivity contribution in [3.63, 3.8) is 0 Å². The Kier molecular flexibility index (Phi) is 126. The molecule has 0 aromatic rings. The van der Waals surface area contributed by atoms with Gasteiger partial charge in [-0.25, -0.2) is 0 Å². The molecule has 0 bridgehead atoms. The minimum Gasteiger partial charge on any atom is 0 e. The molecule has 0 saturated heterocycles. The van der Waals surface area contributed by atoms with Crippen molar-refractivity contribution in [2.45, 2.75) is 0 Å². The van der Waals surface area contributed by atoms with Gasteiger partial charge in [0.2, 0.25) is 0 Å². The van der Waals surface area contributed by atoms with Gasteiger partial charge in [0, 0.05) is 41.9 Å². The summed E-state index contributed by atoms with van der Waals surface area (Å²) in [6.45, 7) is 0.